The fraction of sp³-hybridized carbons (Fsp3) is 0.269. The molecular weight excluding hydrogens is 465 g/mol. The van der Waals surface area contributed by atoms with Gasteiger partial charge in [0.25, 0.3) is 0 Å². The Bertz CT molecular complexity index is 1410. The maximum atomic E-state index is 14.2. The van der Waals surface area contributed by atoms with Crippen LogP contribution in [-0.2, 0) is 12.7 Å². The van der Waals surface area contributed by atoms with Crippen molar-refractivity contribution in [2.45, 2.75) is 31.6 Å². The minimum absolute atomic E-state index is 0.00912. The Kier molecular flexibility index (Phi) is 5.86. The number of rotatable bonds is 4. The van der Waals surface area contributed by atoms with Gasteiger partial charge in [-0.2, -0.15) is 13.2 Å². The predicted molar refractivity (Wildman–Crippen MR) is 124 cm³/mol. The van der Waals surface area contributed by atoms with Crippen molar-refractivity contribution in [1.29, 1.82) is 0 Å². The van der Waals surface area contributed by atoms with E-state index in [0.717, 1.165) is 6.07 Å². The monoisotopic (exact) mass is 487 g/mol. The fourth-order valence-corrected chi connectivity index (χ4v) is 4.98. The van der Waals surface area contributed by atoms with Crippen molar-refractivity contribution < 1.29 is 22.0 Å². The molecule has 0 unspecified atom stereocenters. The van der Waals surface area contributed by atoms with Gasteiger partial charge in [0.2, 0.25) is 0 Å². The van der Waals surface area contributed by atoms with E-state index in [1.165, 1.54) is 41.0 Å². The number of aromatic nitrogens is 2. The third kappa shape index (κ3) is 4.19. The molecule has 0 aliphatic carbocycles. The van der Waals surface area contributed by atoms with E-state index in [9.17, 15) is 26.7 Å². The summed E-state index contributed by atoms with van der Waals surface area (Å²) in [7, 11) is 0. The lowest BCUT2D eigenvalue weighted by Gasteiger charge is -2.34. The molecule has 1 aliphatic heterocycles. The first-order valence-corrected chi connectivity index (χ1v) is 11.3. The molecule has 9 heteroatoms. The van der Waals surface area contributed by atoms with Crippen LogP contribution in [0, 0.1) is 11.6 Å². The molecule has 35 heavy (non-hydrogen) atoms. The van der Waals surface area contributed by atoms with Gasteiger partial charge < -0.3 is 4.90 Å². The molecule has 1 aliphatic rings. The molecule has 0 saturated carbocycles. The lowest BCUT2D eigenvalue weighted by atomic mass is 10.0. The smallest absolute Gasteiger partial charge is 0.367 e. The van der Waals surface area contributed by atoms with Crippen LogP contribution in [-0.4, -0.2) is 22.2 Å². The van der Waals surface area contributed by atoms with Gasteiger partial charge in [0.15, 0.2) is 0 Å². The molecule has 0 N–H and O–H groups in total. The summed E-state index contributed by atoms with van der Waals surface area (Å²) < 4.78 is 72.1. The molecule has 0 bridgehead atoms. The standard InChI is InChI=1S/C26H22F5N3O/c27-20-8-5-9-21(28)24(20)32-14-12-18(13-15-32)34-23-11-4-3-10-22(23)33(25(34)35)16-17-6-1-2-7-19(17)26(29,30)31/h1-11,18H,12-16H2. The van der Waals surface area contributed by atoms with Gasteiger partial charge in [-0.15, -0.1) is 0 Å². The summed E-state index contributed by atoms with van der Waals surface area (Å²) in [6.07, 6.45) is -3.62. The summed E-state index contributed by atoms with van der Waals surface area (Å²) in [6.45, 7) is 0.456. The van der Waals surface area contributed by atoms with Gasteiger partial charge in [-0.1, -0.05) is 36.4 Å². The van der Waals surface area contributed by atoms with E-state index >= 15 is 0 Å². The zero-order valence-corrected chi connectivity index (χ0v) is 18.6. The summed E-state index contributed by atoms with van der Waals surface area (Å²) in [5.41, 5.74) is -0.0865. The molecule has 5 rings (SSSR count). The quantitative estimate of drug-likeness (QED) is 0.331. The lowest BCUT2D eigenvalue weighted by Crippen LogP contribution is -2.38. The first-order valence-electron chi connectivity index (χ1n) is 11.3. The van der Waals surface area contributed by atoms with Crippen LogP contribution < -0.4 is 10.6 Å². The Morgan fingerprint density at radius 3 is 2.06 bits per heavy atom. The maximum Gasteiger partial charge on any atom is 0.416 e. The molecule has 4 aromatic rings. The lowest BCUT2D eigenvalue weighted by molar-refractivity contribution is -0.138. The predicted octanol–water partition coefficient (Wildman–Crippen LogP) is 5.99. The molecule has 0 radical (unpaired) electrons. The highest BCUT2D eigenvalue weighted by Gasteiger charge is 2.33. The summed E-state index contributed by atoms with van der Waals surface area (Å²) in [5.74, 6) is -1.28. The van der Waals surface area contributed by atoms with Crippen molar-refractivity contribution >= 4 is 16.7 Å². The highest BCUT2D eigenvalue weighted by atomic mass is 19.4. The second kappa shape index (κ2) is 8.87. The number of alkyl halides is 3. The van der Waals surface area contributed by atoms with Crippen molar-refractivity contribution in [3.8, 4) is 0 Å². The Labute approximate surface area is 197 Å². The molecule has 1 aromatic heterocycles. The van der Waals surface area contributed by atoms with Gasteiger partial charge in [0.1, 0.15) is 17.3 Å². The Morgan fingerprint density at radius 1 is 0.800 bits per heavy atom. The van der Waals surface area contributed by atoms with Crippen LogP contribution in [0.3, 0.4) is 0 Å². The second-order valence-electron chi connectivity index (χ2n) is 8.67. The number of nitrogens with zero attached hydrogens (tertiary/aromatic N) is 3. The Hall–Kier alpha value is -3.62. The number of hydrogen-bond donors (Lipinski definition) is 0. The molecular formula is C26H22F5N3O. The van der Waals surface area contributed by atoms with E-state index in [1.54, 1.807) is 33.7 Å². The van der Waals surface area contributed by atoms with Crippen LogP contribution in [0.5, 0.6) is 0 Å². The van der Waals surface area contributed by atoms with Crippen molar-refractivity contribution in [3.63, 3.8) is 0 Å². The van der Waals surface area contributed by atoms with E-state index in [-0.39, 0.29) is 23.8 Å². The maximum absolute atomic E-state index is 14.2. The number of imidazole rings is 1. The molecule has 2 heterocycles. The van der Waals surface area contributed by atoms with Gasteiger partial charge in [0, 0.05) is 19.1 Å². The number of piperidine rings is 1. The van der Waals surface area contributed by atoms with E-state index in [4.69, 9.17) is 0 Å². The van der Waals surface area contributed by atoms with Gasteiger partial charge in [-0.05, 0) is 48.7 Å². The molecule has 1 saturated heterocycles. The molecule has 3 aromatic carbocycles. The van der Waals surface area contributed by atoms with E-state index in [2.05, 4.69) is 0 Å². The van der Waals surface area contributed by atoms with E-state index in [0.29, 0.717) is 37.0 Å². The van der Waals surface area contributed by atoms with Gasteiger partial charge in [-0.25, -0.2) is 13.6 Å². The minimum atomic E-state index is -4.53. The number of fused-ring (bicyclic) bond motifs is 1. The molecule has 0 amide bonds. The van der Waals surface area contributed by atoms with Gasteiger partial charge in [0.05, 0.1) is 23.1 Å². The largest absolute Gasteiger partial charge is 0.416 e. The van der Waals surface area contributed by atoms with Crippen molar-refractivity contribution in [3.05, 3.63) is 100.0 Å². The highest BCUT2D eigenvalue weighted by Crippen LogP contribution is 2.34. The van der Waals surface area contributed by atoms with Crippen LogP contribution in [0.25, 0.3) is 11.0 Å². The molecule has 4 nitrogen and oxygen atoms in total. The minimum Gasteiger partial charge on any atom is -0.367 e. The topological polar surface area (TPSA) is 30.2 Å². The van der Waals surface area contributed by atoms with Crippen molar-refractivity contribution in [2.75, 3.05) is 18.0 Å². The third-order valence-electron chi connectivity index (χ3n) is 6.60. The Morgan fingerprint density at radius 2 is 1.40 bits per heavy atom. The second-order valence-corrected chi connectivity index (χ2v) is 8.67. The molecule has 1 fully saturated rings. The first-order chi connectivity index (χ1) is 16.8. The Balaban J connectivity index is 1.49. The number of para-hydroxylation sites is 3. The number of anilines is 1. The van der Waals surface area contributed by atoms with E-state index in [1.807, 2.05) is 0 Å². The summed E-state index contributed by atoms with van der Waals surface area (Å²) in [4.78, 5) is 15.2. The molecule has 182 valence electrons. The highest BCUT2D eigenvalue weighted by molar-refractivity contribution is 5.76. The summed E-state index contributed by atoms with van der Waals surface area (Å²) in [6, 6.07) is 15.7. The van der Waals surface area contributed by atoms with Crippen LogP contribution in [0.15, 0.2) is 71.5 Å². The van der Waals surface area contributed by atoms with Crippen molar-refractivity contribution in [2.24, 2.45) is 0 Å². The third-order valence-corrected chi connectivity index (χ3v) is 6.60. The summed E-state index contributed by atoms with van der Waals surface area (Å²) in [5, 5.41) is 0. The van der Waals surface area contributed by atoms with Crippen LogP contribution in [0.2, 0.25) is 0 Å². The number of halogens is 5. The van der Waals surface area contributed by atoms with Crippen LogP contribution >= 0.6 is 0 Å². The average molecular weight is 487 g/mol. The average Bonchev–Trinajstić information content (AvgIpc) is 3.10. The normalized spacial score (nSPS) is 15.2. The fourth-order valence-electron chi connectivity index (χ4n) is 4.98. The number of hydrogen-bond acceptors (Lipinski definition) is 2. The first kappa shape index (κ1) is 23.1. The zero-order valence-electron chi connectivity index (χ0n) is 18.6. The SMILES string of the molecule is O=c1n(Cc2ccccc2C(F)(F)F)c2ccccc2n1C1CCN(c2c(F)cccc2F)CC1. The molecule has 0 atom stereocenters. The molecule has 0 spiro atoms. The van der Waals surface area contributed by atoms with Crippen molar-refractivity contribution in [1.82, 2.24) is 9.13 Å². The zero-order chi connectivity index (χ0) is 24.7. The number of benzene rings is 3. The van der Waals surface area contributed by atoms with E-state index < -0.39 is 29.1 Å². The van der Waals surface area contributed by atoms with Crippen LogP contribution in [0.4, 0.5) is 27.6 Å². The summed E-state index contributed by atoms with van der Waals surface area (Å²) >= 11 is 0. The van der Waals surface area contributed by atoms with Crippen LogP contribution in [0.1, 0.15) is 30.0 Å². The van der Waals surface area contributed by atoms with Gasteiger partial charge in [-0.3, -0.25) is 9.13 Å². The van der Waals surface area contributed by atoms with Gasteiger partial charge >= 0.3 is 11.9 Å².